The molecule has 2 fully saturated rings. The van der Waals surface area contributed by atoms with Crippen LogP contribution in [0.15, 0.2) is 6.20 Å². The summed E-state index contributed by atoms with van der Waals surface area (Å²) < 4.78 is 0. The molecule has 1 spiro atoms. The normalized spacial score (nSPS) is 22.6. The summed E-state index contributed by atoms with van der Waals surface area (Å²) in [5, 5.41) is 6.51. The van der Waals surface area contributed by atoms with E-state index < -0.39 is 0 Å². The van der Waals surface area contributed by atoms with Gasteiger partial charge in [0, 0.05) is 13.1 Å². The van der Waals surface area contributed by atoms with E-state index in [2.05, 4.69) is 10.2 Å². The van der Waals surface area contributed by atoms with Crippen LogP contribution < -0.4 is 5.73 Å². The molecule has 98 valence electrons. The second-order valence-electron chi connectivity index (χ2n) is 5.70. The smallest absolute Gasteiger partial charge is 0.274 e. The zero-order valence-corrected chi connectivity index (χ0v) is 10.6. The van der Waals surface area contributed by atoms with Crippen LogP contribution in [0.4, 0.5) is 5.69 Å². The van der Waals surface area contributed by atoms with Crippen LogP contribution in [0.1, 0.15) is 49.0 Å². The van der Waals surface area contributed by atoms with Gasteiger partial charge in [0.2, 0.25) is 0 Å². The molecule has 0 atom stereocenters. The van der Waals surface area contributed by atoms with E-state index in [-0.39, 0.29) is 5.91 Å². The van der Waals surface area contributed by atoms with Gasteiger partial charge in [0.15, 0.2) is 0 Å². The zero-order valence-electron chi connectivity index (χ0n) is 10.6. The fourth-order valence-electron chi connectivity index (χ4n) is 3.43. The first kappa shape index (κ1) is 11.6. The van der Waals surface area contributed by atoms with Gasteiger partial charge in [0.25, 0.3) is 5.91 Å². The van der Waals surface area contributed by atoms with Gasteiger partial charge in [0.1, 0.15) is 5.69 Å². The number of anilines is 1. The highest BCUT2D eigenvalue weighted by Crippen LogP contribution is 2.46. The summed E-state index contributed by atoms with van der Waals surface area (Å²) >= 11 is 0. The largest absolute Gasteiger partial charge is 0.396 e. The van der Waals surface area contributed by atoms with E-state index in [0.29, 0.717) is 16.8 Å². The number of nitrogens with zero attached hydrogens (tertiary/aromatic N) is 2. The lowest BCUT2D eigenvalue weighted by atomic mass is 9.77. The third-order valence-electron chi connectivity index (χ3n) is 4.66. The summed E-state index contributed by atoms with van der Waals surface area (Å²) in [6, 6.07) is 0. The molecule has 0 bridgehead atoms. The first-order valence-corrected chi connectivity index (χ1v) is 6.78. The summed E-state index contributed by atoms with van der Waals surface area (Å²) in [5.41, 5.74) is 7.15. The molecule has 1 saturated carbocycles. The highest BCUT2D eigenvalue weighted by atomic mass is 16.2. The predicted molar refractivity (Wildman–Crippen MR) is 69.0 cm³/mol. The Morgan fingerprint density at radius 2 is 1.94 bits per heavy atom. The molecule has 1 aliphatic carbocycles. The number of rotatable bonds is 1. The Morgan fingerprint density at radius 3 is 2.50 bits per heavy atom. The van der Waals surface area contributed by atoms with E-state index >= 15 is 0 Å². The number of hydrogen-bond donors (Lipinski definition) is 2. The van der Waals surface area contributed by atoms with Gasteiger partial charge >= 0.3 is 0 Å². The van der Waals surface area contributed by atoms with Crippen molar-refractivity contribution in [3.8, 4) is 0 Å². The zero-order chi connectivity index (χ0) is 12.6. The summed E-state index contributed by atoms with van der Waals surface area (Å²) in [6.07, 6.45) is 9.21. The minimum Gasteiger partial charge on any atom is -0.396 e. The van der Waals surface area contributed by atoms with Gasteiger partial charge in [-0.15, -0.1) is 0 Å². The summed E-state index contributed by atoms with van der Waals surface area (Å²) in [5.74, 6) is -0.00199. The summed E-state index contributed by atoms with van der Waals surface area (Å²) in [4.78, 5) is 14.2. The first-order valence-electron chi connectivity index (χ1n) is 6.78. The van der Waals surface area contributed by atoms with Gasteiger partial charge in [-0.1, -0.05) is 12.8 Å². The predicted octanol–water partition coefficient (Wildman–Crippen LogP) is 1.79. The van der Waals surface area contributed by atoms with Crippen LogP contribution in [0.3, 0.4) is 0 Å². The number of likely N-dealkylation sites (tertiary alicyclic amines) is 1. The highest BCUT2D eigenvalue weighted by molar-refractivity contribution is 5.97. The Morgan fingerprint density at radius 1 is 1.28 bits per heavy atom. The number of piperidine rings is 1. The molecule has 3 N–H and O–H groups in total. The number of aromatic amines is 1. The third kappa shape index (κ3) is 1.87. The molecule has 1 aromatic heterocycles. The topological polar surface area (TPSA) is 75.0 Å². The van der Waals surface area contributed by atoms with Crippen molar-refractivity contribution in [1.29, 1.82) is 0 Å². The standard InChI is InChI=1S/C13H20N4O/c14-10-9-15-16-11(10)12(18)17-7-5-13(6-8-17)3-1-2-4-13/h9H,1-8,14H2,(H,15,16). The number of carbonyl (C=O) groups is 1. The van der Waals surface area contributed by atoms with Crippen LogP contribution in [0.5, 0.6) is 0 Å². The fourth-order valence-corrected chi connectivity index (χ4v) is 3.43. The van der Waals surface area contributed by atoms with Gasteiger partial charge in [-0.05, 0) is 31.1 Å². The average molecular weight is 248 g/mol. The number of aromatic nitrogens is 2. The van der Waals surface area contributed by atoms with Crippen LogP contribution in [0.25, 0.3) is 0 Å². The monoisotopic (exact) mass is 248 g/mol. The molecule has 1 saturated heterocycles. The maximum Gasteiger partial charge on any atom is 0.274 e. The molecule has 1 aromatic rings. The number of H-pyrrole nitrogens is 1. The van der Waals surface area contributed by atoms with Gasteiger partial charge < -0.3 is 10.6 Å². The van der Waals surface area contributed by atoms with Crippen molar-refractivity contribution in [2.24, 2.45) is 5.41 Å². The molecule has 0 radical (unpaired) electrons. The number of nitrogen functional groups attached to an aromatic ring is 1. The van der Waals surface area contributed by atoms with E-state index in [1.807, 2.05) is 4.90 Å². The van der Waals surface area contributed by atoms with Crippen molar-refractivity contribution in [1.82, 2.24) is 15.1 Å². The van der Waals surface area contributed by atoms with Crippen molar-refractivity contribution in [3.63, 3.8) is 0 Å². The SMILES string of the molecule is Nc1cn[nH]c1C(=O)N1CCC2(CCCC2)CC1. The second-order valence-corrected chi connectivity index (χ2v) is 5.70. The van der Waals surface area contributed by atoms with Crippen molar-refractivity contribution in [2.75, 3.05) is 18.8 Å². The van der Waals surface area contributed by atoms with Crippen molar-refractivity contribution in [3.05, 3.63) is 11.9 Å². The van der Waals surface area contributed by atoms with Crippen molar-refractivity contribution >= 4 is 11.6 Å². The van der Waals surface area contributed by atoms with Gasteiger partial charge in [-0.2, -0.15) is 5.10 Å². The van der Waals surface area contributed by atoms with Crippen LogP contribution in [0, 0.1) is 5.41 Å². The fraction of sp³-hybridized carbons (Fsp3) is 0.692. The van der Waals surface area contributed by atoms with Crippen LogP contribution in [-0.4, -0.2) is 34.1 Å². The Balaban J connectivity index is 1.66. The molecule has 18 heavy (non-hydrogen) atoms. The molecule has 1 aliphatic heterocycles. The van der Waals surface area contributed by atoms with Gasteiger partial charge in [0.05, 0.1) is 11.9 Å². The molecule has 2 aliphatic rings. The van der Waals surface area contributed by atoms with Gasteiger partial charge in [-0.3, -0.25) is 9.89 Å². The molecular formula is C13H20N4O. The van der Waals surface area contributed by atoms with Crippen LogP contribution in [-0.2, 0) is 0 Å². The number of nitrogens with two attached hydrogens (primary N) is 1. The Bertz CT molecular complexity index is 438. The highest BCUT2D eigenvalue weighted by Gasteiger charge is 2.38. The molecule has 1 amide bonds. The maximum absolute atomic E-state index is 12.3. The number of amides is 1. The molecule has 0 aromatic carbocycles. The van der Waals surface area contributed by atoms with Gasteiger partial charge in [-0.25, -0.2) is 0 Å². The summed E-state index contributed by atoms with van der Waals surface area (Å²) in [6.45, 7) is 1.72. The lowest BCUT2D eigenvalue weighted by Crippen LogP contribution is -2.42. The van der Waals surface area contributed by atoms with E-state index in [1.165, 1.54) is 31.9 Å². The third-order valence-corrected chi connectivity index (χ3v) is 4.66. The molecule has 5 heteroatoms. The first-order chi connectivity index (χ1) is 8.70. The maximum atomic E-state index is 12.3. The molecule has 2 heterocycles. The van der Waals surface area contributed by atoms with E-state index in [1.54, 1.807) is 0 Å². The van der Waals surface area contributed by atoms with Crippen LogP contribution >= 0.6 is 0 Å². The van der Waals surface area contributed by atoms with E-state index in [0.717, 1.165) is 25.9 Å². The van der Waals surface area contributed by atoms with E-state index in [9.17, 15) is 4.79 Å². The number of nitrogens with one attached hydrogen (secondary N) is 1. The quantitative estimate of drug-likeness (QED) is 0.795. The van der Waals surface area contributed by atoms with Crippen molar-refractivity contribution in [2.45, 2.75) is 38.5 Å². The average Bonchev–Trinajstić information content (AvgIpc) is 2.99. The lowest BCUT2D eigenvalue weighted by Gasteiger charge is -2.39. The van der Waals surface area contributed by atoms with Crippen molar-refractivity contribution < 1.29 is 4.79 Å². The molecule has 5 nitrogen and oxygen atoms in total. The summed E-state index contributed by atoms with van der Waals surface area (Å²) in [7, 11) is 0. The Kier molecular flexibility index (Phi) is 2.76. The Labute approximate surface area is 107 Å². The molecule has 3 rings (SSSR count). The van der Waals surface area contributed by atoms with E-state index in [4.69, 9.17) is 5.73 Å². The molecule has 0 unspecified atom stereocenters. The lowest BCUT2D eigenvalue weighted by molar-refractivity contribution is 0.0583. The van der Waals surface area contributed by atoms with Crippen LogP contribution in [0.2, 0.25) is 0 Å². The Hall–Kier alpha value is -1.52. The second kappa shape index (κ2) is 4.30. The minimum atomic E-state index is -0.00199. The number of hydrogen-bond acceptors (Lipinski definition) is 3. The minimum absolute atomic E-state index is 0.00199. The molecular weight excluding hydrogens is 228 g/mol. The number of carbonyl (C=O) groups excluding carboxylic acids is 1.